The minimum absolute atomic E-state index is 0.0491. The summed E-state index contributed by atoms with van der Waals surface area (Å²) < 4.78 is 11.0. The maximum absolute atomic E-state index is 13.0. The van der Waals surface area contributed by atoms with Gasteiger partial charge in [-0.1, -0.05) is 30.3 Å². The number of likely N-dealkylation sites (tertiary alicyclic amines) is 1. The third-order valence-corrected chi connectivity index (χ3v) is 4.79. The summed E-state index contributed by atoms with van der Waals surface area (Å²) in [7, 11) is 1.62. The zero-order chi connectivity index (χ0) is 17.6. The van der Waals surface area contributed by atoms with Gasteiger partial charge >= 0.3 is 0 Å². The van der Waals surface area contributed by atoms with Crippen molar-refractivity contribution in [3.8, 4) is 5.75 Å². The maximum Gasteiger partial charge on any atom is 0.257 e. The first-order chi connectivity index (χ1) is 12.2. The van der Waals surface area contributed by atoms with Gasteiger partial charge in [0.2, 0.25) is 0 Å². The van der Waals surface area contributed by atoms with Crippen molar-refractivity contribution in [2.75, 3.05) is 33.4 Å². The highest BCUT2D eigenvalue weighted by Gasteiger charge is 2.25. The van der Waals surface area contributed by atoms with Gasteiger partial charge in [-0.2, -0.15) is 0 Å². The highest BCUT2D eigenvalue weighted by Crippen LogP contribution is 2.28. The molecular weight excluding hydrogens is 314 g/mol. The van der Waals surface area contributed by atoms with Gasteiger partial charge in [-0.25, -0.2) is 0 Å². The molecule has 0 aliphatic carbocycles. The number of hydrogen-bond acceptors (Lipinski definition) is 3. The van der Waals surface area contributed by atoms with Crippen molar-refractivity contribution < 1.29 is 14.3 Å². The molecule has 25 heavy (non-hydrogen) atoms. The van der Waals surface area contributed by atoms with Gasteiger partial charge in [0.15, 0.2) is 0 Å². The Morgan fingerprint density at radius 3 is 2.56 bits per heavy atom. The predicted octanol–water partition coefficient (Wildman–Crippen LogP) is 3.90. The van der Waals surface area contributed by atoms with Gasteiger partial charge in [-0.15, -0.1) is 6.58 Å². The number of piperidine rings is 1. The number of methoxy groups -OCH3 is 1. The van der Waals surface area contributed by atoms with E-state index in [9.17, 15) is 4.79 Å². The molecule has 0 N–H and O–H groups in total. The Hall–Kier alpha value is -2.33. The summed E-state index contributed by atoms with van der Waals surface area (Å²) in [6.45, 7) is 6.52. The molecular formula is C21H25NO3. The largest absolute Gasteiger partial charge is 0.496 e. The van der Waals surface area contributed by atoms with Crippen molar-refractivity contribution in [2.24, 2.45) is 5.92 Å². The summed E-state index contributed by atoms with van der Waals surface area (Å²) in [6, 6.07) is 11.9. The molecule has 0 atom stereocenters. The average Bonchev–Trinajstić information content (AvgIpc) is 2.67. The molecule has 1 heterocycles. The van der Waals surface area contributed by atoms with Crippen LogP contribution < -0.4 is 4.74 Å². The fourth-order valence-electron chi connectivity index (χ4n) is 3.35. The molecule has 1 aliphatic rings. The maximum atomic E-state index is 13.0. The van der Waals surface area contributed by atoms with Crippen LogP contribution in [0.15, 0.2) is 49.1 Å². The second-order valence-corrected chi connectivity index (χ2v) is 6.46. The van der Waals surface area contributed by atoms with Crippen LogP contribution in [0, 0.1) is 5.92 Å². The first-order valence-corrected chi connectivity index (χ1v) is 8.77. The first-order valence-electron chi connectivity index (χ1n) is 8.77. The van der Waals surface area contributed by atoms with Crippen LogP contribution in [0.3, 0.4) is 0 Å². The van der Waals surface area contributed by atoms with Crippen molar-refractivity contribution >= 4 is 16.7 Å². The molecule has 0 aromatic heterocycles. The number of ether oxygens (including phenoxy) is 2. The molecule has 1 fully saturated rings. The van der Waals surface area contributed by atoms with Crippen LogP contribution in [0.2, 0.25) is 0 Å². The lowest BCUT2D eigenvalue weighted by Crippen LogP contribution is -2.39. The Balaban J connectivity index is 1.71. The molecule has 132 valence electrons. The second kappa shape index (κ2) is 8.17. The number of nitrogens with zero attached hydrogens (tertiary/aromatic N) is 1. The number of rotatable bonds is 6. The molecule has 2 aromatic carbocycles. The number of carbonyl (C=O) groups excluding carboxylic acids is 1. The number of fused-ring (bicyclic) bond motifs is 1. The third-order valence-electron chi connectivity index (χ3n) is 4.79. The molecule has 4 heteroatoms. The van der Waals surface area contributed by atoms with E-state index in [0.717, 1.165) is 43.3 Å². The number of hydrogen-bond donors (Lipinski definition) is 0. The van der Waals surface area contributed by atoms with Crippen LogP contribution in [0.1, 0.15) is 23.2 Å². The van der Waals surface area contributed by atoms with Gasteiger partial charge < -0.3 is 14.4 Å². The summed E-state index contributed by atoms with van der Waals surface area (Å²) in [6.07, 6.45) is 3.71. The number of carbonyl (C=O) groups is 1. The lowest BCUT2D eigenvalue weighted by molar-refractivity contribution is 0.0573. The van der Waals surface area contributed by atoms with Crippen LogP contribution in [-0.4, -0.2) is 44.2 Å². The van der Waals surface area contributed by atoms with Crippen molar-refractivity contribution in [3.63, 3.8) is 0 Å². The Morgan fingerprint density at radius 1 is 1.24 bits per heavy atom. The number of amides is 1. The van der Waals surface area contributed by atoms with E-state index in [2.05, 4.69) is 6.58 Å². The molecule has 1 amide bonds. The summed E-state index contributed by atoms with van der Waals surface area (Å²) in [5.74, 6) is 1.20. The molecule has 2 aromatic rings. The van der Waals surface area contributed by atoms with Gasteiger partial charge in [0, 0.05) is 19.7 Å². The topological polar surface area (TPSA) is 38.8 Å². The van der Waals surface area contributed by atoms with Gasteiger partial charge in [0.05, 0.1) is 19.3 Å². The predicted molar refractivity (Wildman–Crippen MR) is 100 cm³/mol. The second-order valence-electron chi connectivity index (χ2n) is 6.46. The van der Waals surface area contributed by atoms with Crippen LogP contribution in [0.4, 0.5) is 0 Å². The fraction of sp³-hybridized carbons (Fsp3) is 0.381. The van der Waals surface area contributed by atoms with Crippen molar-refractivity contribution in [3.05, 3.63) is 54.6 Å². The van der Waals surface area contributed by atoms with Crippen LogP contribution in [0.5, 0.6) is 5.75 Å². The molecule has 0 unspecified atom stereocenters. The molecule has 0 radical (unpaired) electrons. The van der Waals surface area contributed by atoms with E-state index in [1.165, 1.54) is 0 Å². The molecule has 3 rings (SSSR count). The summed E-state index contributed by atoms with van der Waals surface area (Å²) in [5.41, 5.74) is 0.641. The first kappa shape index (κ1) is 17.5. The van der Waals surface area contributed by atoms with Gasteiger partial charge in [0.1, 0.15) is 5.75 Å². The van der Waals surface area contributed by atoms with E-state index < -0.39 is 0 Å². The minimum atomic E-state index is 0.0491. The summed E-state index contributed by atoms with van der Waals surface area (Å²) >= 11 is 0. The van der Waals surface area contributed by atoms with Crippen molar-refractivity contribution in [1.29, 1.82) is 0 Å². The third kappa shape index (κ3) is 4.02. The molecule has 1 saturated heterocycles. The molecule has 0 saturated carbocycles. The van der Waals surface area contributed by atoms with Gasteiger partial charge in [0.25, 0.3) is 5.91 Å². The van der Waals surface area contributed by atoms with Crippen LogP contribution >= 0.6 is 0 Å². The van der Waals surface area contributed by atoms with E-state index in [0.29, 0.717) is 23.8 Å². The molecule has 0 spiro atoms. The van der Waals surface area contributed by atoms with E-state index >= 15 is 0 Å². The Bertz CT molecular complexity index is 748. The molecule has 4 nitrogen and oxygen atoms in total. The monoisotopic (exact) mass is 339 g/mol. The van der Waals surface area contributed by atoms with Crippen molar-refractivity contribution in [2.45, 2.75) is 12.8 Å². The van der Waals surface area contributed by atoms with Gasteiger partial charge in [-0.3, -0.25) is 4.79 Å². The van der Waals surface area contributed by atoms with Gasteiger partial charge in [-0.05, 0) is 41.7 Å². The zero-order valence-corrected chi connectivity index (χ0v) is 14.7. The summed E-state index contributed by atoms with van der Waals surface area (Å²) in [4.78, 5) is 14.9. The standard InChI is InChI=1S/C21H25NO3/c1-3-12-25-15-16-8-10-22(11-9-16)21(23)19-13-17-6-4-5-7-18(17)14-20(19)24-2/h3-7,13-14,16H,1,8-12,15H2,2H3. The number of benzene rings is 2. The van der Waals surface area contributed by atoms with E-state index in [-0.39, 0.29) is 5.91 Å². The van der Waals surface area contributed by atoms with Crippen molar-refractivity contribution in [1.82, 2.24) is 4.90 Å². The lowest BCUT2D eigenvalue weighted by atomic mass is 9.96. The van der Waals surface area contributed by atoms with Crippen LogP contribution in [0.25, 0.3) is 10.8 Å². The highest BCUT2D eigenvalue weighted by atomic mass is 16.5. The zero-order valence-electron chi connectivity index (χ0n) is 14.7. The van der Waals surface area contributed by atoms with E-state index in [1.54, 1.807) is 13.2 Å². The summed E-state index contributed by atoms with van der Waals surface area (Å²) in [5, 5.41) is 2.13. The highest BCUT2D eigenvalue weighted by molar-refractivity contribution is 6.01. The average molecular weight is 339 g/mol. The van der Waals surface area contributed by atoms with E-state index in [4.69, 9.17) is 9.47 Å². The lowest BCUT2D eigenvalue weighted by Gasteiger charge is -2.32. The Kier molecular flexibility index (Phi) is 5.71. The molecule has 1 aliphatic heterocycles. The SMILES string of the molecule is C=CCOCC1CCN(C(=O)c2cc3ccccc3cc2OC)CC1. The smallest absolute Gasteiger partial charge is 0.257 e. The fourth-order valence-corrected chi connectivity index (χ4v) is 3.35. The Morgan fingerprint density at radius 2 is 1.92 bits per heavy atom. The van der Waals surface area contributed by atoms with Crippen LogP contribution in [-0.2, 0) is 4.74 Å². The quantitative estimate of drug-likeness (QED) is 0.592. The Labute approximate surface area is 149 Å². The normalized spacial score (nSPS) is 15.3. The molecule has 0 bridgehead atoms. The van der Waals surface area contributed by atoms with E-state index in [1.807, 2.05) is 41.3 Å². The minimum Gasteiger partial charge on any atom is -0.496 e.